The van der Waals surface area contributed by atoms with E-state index in [2.05, 4.69) is 62.3 Å². The number of fused-ring (bicyclic) bond motifs is 1. The van der Waals surface area contributed by atoms with Crippen LogP contribution in [0.3, 0.4) is 0 Å². The van der Waals surface area contributed by atoms with Crippen LogP contribution in [0.2, 0.25) is 0 Å². The predicted octanol–water partition coefficient (Wildman–Crippen LogP) is 5.56. The molecular formula is C26H30N4O. The third-order valence-corrected chi connectivity index (χ3v) is 7.51. The lowest BCUT2D eigenvalue weighted by molar-refractivity contribution is -0.118. The molecule has 5 heteroatoms. The van der Waals surface area contributed by atoms with Crippen molar-refractivity contribution in [2.75, 3.05) is 5.32 Å². The molecule has 1 aliphatic heterocycles. The van der Waals surface area contributed by atoms with E-state index in [1.807, 2.05) is 18.2 Å². The zero-order valence-corrected chi connectivity index (χ0v) is 19.0. The highest BCUT2D eigenvalue weighted by molar-refractivity contribution is 6.03. The number of benzene rings is 1. The lowest BCUT2D eigenvalue weighted by Gasteiger charge is -2.46. The van der Waals surface area contributed by atoms with Crippen LogP contribution < -0.4 is 5.32 Å². The van der Waals surface area contributed by atoms with Crippen LogP contribution in [0.25, 0.3) is 0 Å². The van der Waals surface area contributed by atoms with Crippen molar-refractivity contribution in [2.45, 2.75) is 71.6 Å². The van der Waals surface area contributed by atoms with Gasteiger partial charge in [-0.15, -0.1) is 0 Å². The molecule has 2 N–H and O–H groups in total. The summed E-state index contributed by atoms with van der Waals surface area (Å²) in [6.45, 7) is 11.0. The van der Waals surface area contributed by atoms with Crippen molar-refractivity contribution in [3.63, 3.8) is 0 Å². The summed E-state index contributed by atoms with van der Waals surface area (Å²) in [7, 11) is 0. The quantitative estimate of drug-likeness (QED) is 0.674. The number of Topliss-reactive ketones (excluding diaryl/α,β-unsaturated/α-hetero) is 1. The highest BCUT2D eigenvalue weighted by atomic mass is 16.1. The first kappa shape index (κ1) is 20.1. The Balaban J connectivity index is 1.75. The SMILES string of the molecule is CC1(C)CC(=O)C2=C(C1)Nc1n[nH]c(C3CC(C)(C)C3)c1C2(C)c1cccc(C#N)c1. The van der Waals surface area contributed by atoms with Gasteiger partial charge in [-0.3, -0.25) is 9.89 Å². The van der Waals surface area contributed by atoms with Crippen LogP contribution in [-0.4, -0.2) is 16.0 Å². The number of nitriles is 1. The molecule has 1 fully saturated rings. The smallest absolute Gasteiger partial charge is 0.162 e. The van der Waals surface area contributed by atoms with Gasteiger partial charge in [0.15, 0.2) is 11.6 Å². The van der Waals surface area contributed by atoms with Gasteiger partial charge in [-0.1, -0.05) is 39.8 Å². The zero-order valence-electron chi connectivity index (χ0n) is 19.0. The molecule has 1 aromatic heterocycles. The zero-order chi connectivity index (χ0) is 22.2. The van der Waals surface area contributed by atoms with E-state index < -0.39 is 5.41 Å². The molecule has 0 radical (unpaired) electrons. The molecule has 1 atom stereocenters. The van der Waals surface area contributed by atoms with Crippen LogP contribution in [0.1, 0.15) is 88.6 Å². The van der Waals surface area contributed by atoms with E-state index in [0.29, 0.717) is 23.3 Å². The Bertz CT molecular complexity index is 1170. The van der Waals surface area contributed by atoms with E-state index in [1.54, 1.807) is 0 Å². The number of nitrogens with zero attached hydrogens (tertiary/aromatic N) is 2. The van der Waals surface area contributed by atoms with E-state index in [1.165, 1.54) is 0 Å². The lowest BCUT2D eigenvalue weighted by atomic mass is 9.58. The molecule has 31 heavy (non-hydrogen) atoms. The van der Waals surface area contributed by atoms with E-state index in [-0.39, 0.29) is 11.2 Å². The number of carbonyl (C=O) groups is 1. The maximum atomic E-state index is 13.6. The normalized spacial score (nSPS) is 26.4. The van der Waals surface area contributed by atoms with Gasteiger partial charge < -0.3 is 5.32 Å². The molecule has 0 saturated heterocycles. The van der Waals surface area contributed by atoms with Crippen molar-refractivity contribution in [2.24, 2.45) is 10.8 Å². The molecule has 1 saturated carbocycles. The first-order chi connectivity index (χ1) is 14.5. The molecule has 2 heterocycles. The average Bonchev–Trinajstić information content (AvgIpc) is 3.09. The molecule has 5 rings (SSSR count). The van der Waals surface area contributed by atoms with Crippen molar-refractivity contribution in [3.05, 3.63) is 57.9 Å². The summed E-state index contributed by atoms with van der Waals surface area (Å²) in [5, 5.41) is 21.1. The van der Waals surface area contributed by atoms with E-state index in [9.17, 15) is 10.1 Å². The molecule has 2 aliphatic carbocycles. The molecule has 0 amide bonds. The summed E-state index contributed by atoms with van der Waals surface area (Å²) in [4.78, 5) is 13.6. The third kappa shape index (κ3) is 2.96. The topological polar surface area (TPSA) is 81.6 Å². The van der Waals surface area contributed by atoms with Crippen LogP contribution in [0, 0.1) is 22.2 Å². The number of allylic oxidation sites excluding steroid dienone is 2. The highest BCUT2D eigenvalue weighted by Crippen LogP contribution is 2.57. The van der Waals surface area contributed by atoms with Gasteiger partial charge in [0, 0.05) is 34.9 Å². The Labute approximate surface area is 183 Å². The van der Waals surface area contributed by atoms with Gasteiger partial charge in [-0.25, -0.2) is 0 Å². The number of rotatable bonds is 2. The van der Waals surface area contributed by atoms with Crippen LogP contribution in [-0.2, 0) is 10.2 Å². The number of anilines is 1. The Hall–Kier alpha value is -2.87. The molecule has 3 aliphatic rings. The van der Waals surface area contributed by atoms with E-state index >= 15 is 0 Å². The maximum Gasteiger partial charge on any atom is 0.162 e. The van der Waals surface area contributed by atoms with Gasteiger partial charge in [0.25, 0.3) is 0 Å². The average molecular weight is 415 g/mol. The fourth-order valence-electron chi connectivity index (χ4n) is 6.19. The second-order valence-electron chi connectivity index (χ2n) is 11.4. The number of aromatic nitrogens is 2. The molecule has 160 valence electrons. The van der Waals surface area contributed by atoms with Crippen molar-refractivity contribution >= 4 is 11.6 Å². The molecule has 1 aromatic carbocycles. The van der Waals surface area contributed by atoms with E-state index in [0.717, 1.165) is 53.2 Å². The van der Waals surface area contributed by atoms with Gasteiger partial charge in [0.2, 0.25) is 0 Å². The largest absolute Gasteiger partial charge is 0.342 e. The number of nitrogens with one attached hydrogen (secondary N) is 2. The number of hydrogen-bond acceptors (Lipinski definition) is 4. The molecule has 1 unspecified atom stereocenters. The van der Waals surface area contributed by atoms with Gasteiger partial charge in [0.1, 0.15) is 0 Å². The Kier molecular flexibility index (Phi) is 4.09. The van der Waals surface area contributed by atoms with Crippen molar-refractivity contribution in [1.29, 1.82) is 5.26 Å². The van der Waals surface area contributed by atoms with Gasteiger partial charge in [-0.2, -0.15) is 10.4 Å². The number of ketones is 1. The second-order valence-corrected chi connectivity index (χ2v) is 11.4. The van der Waals surface area contributed by atoms with E-state index in [4.69, 9.17) is 0 Å². The minimum atomic E-state index is -0.640. The minimum absolute atomic E-state index is 0.0903. The van der Waals surface area contributed by atoms with Gasteiger partial charge in [-0.05, 0) is 54.7 Å². The van der Waals surface area contributed by atoms with Crippen LogP contribution in [0.5, 0.6) is 0 Å². The fourth-order valence-corrected chi connectivity index (χ4v) is 6.19. The Morgan fingerprint density at radius 1 is 1.10 bits per heavy atom. The van der Waals surface area contributed by atoms with Crippen LogP contribution in [0.4, 0.5) is 5.82 Å². The monoisotopic (exact) mass is 414 g/mol. The third-order valence-electron chi connectivity index (χ3n) is 7.51. The van der Waals surface area contributed by atoms with Crippen LogP contribution >= 0.6 is 0 Å². The minimum Gasteiger partial charge on any atom is -0.342 e. The standard InChI is InChI=1S/C26H30N4O/c1-24(2)10-16(11-24)22-21-23(30-29-22)28-18-12-25(3,4)13-19(31)20(18)26(21,5)17-8-6-7-15(9-17)14-27/h6-9,16H,10-13H2,1-5H3,(H2,28,29,30). The maximum absolute atomic E-state index is 13.6. The fraction of sp³-hybridized carbons (Fsp3) is 0.500. The number of hydrogen-bond donors (Lipinski definition) is 2. The van der Waals surface area contributed by atoms with Crippen LogP contribution in [0.15, 0.2) is 35.5 Å². The van der Waals surface area contributed by atoms with Crippen molar-refractivity contribution < 1.29 is 4.79 Å². The lowest BCUT2D eigenvalue weighted by Crippen LogP contribution is -2.43. The molecule has 5 nitrogen and oxygen atoms in total. The van der Waals surface area contributed by atoms with Crippen molar-refractivity contribution in [3.8, 4) is 6.07 Å². The van der Waals surface area contributed by atoms with Crippen molar-refractivity contribution in [1.82, 2.24) is 10.2 Å². The van der Waals surface area contributed by atoms with Gasteiger partial charge in [0.05, 0.1) is 17.0 Å². The van der Waals surface area contributed by atoms with Gasteiger partial charge >= 0.3 is 0 Å². The summed E-state index contributed by atoms with van der Waals surface area (Å²) in [5.41, 5.74) is 5.23. The molecule has 0 spiro atoms. The molecule has 0 bridgehead atoms. The number of H-pyrrole nitrogens is 1. The number of aromatic amines is 1. The predicted molar refractivity (Wildman–Crippen MR) is 121 cm³/mol. The Morgan fingerprint density at radius 2 is 1.84 bits per heavy atom. The Morgan fingerprint density at radius 3 is 2.52 bits per heavy atom. The summed E-state index contributed by atoms with van der Waals surface area (Å²) < 4.78 is 0. The summed E-state index contributed by atoms with van der Waals surface area (Å²) in [6.07, 6.45) is 3.53. The molecule has 2 aromatic rings. The summed E-state index contributed by atoms with van der Waals surface area (Å²) >= 11 is 0. The summed E-state index contributed by atoms with van der Waals surface area (Å²) in [6, 6.07) is 10.00. The summed E-state index contributed by atoms with van der Waals surface area (Å²) in [5.74, 6) is 1.42. The highest BCUT2D eigenvalue weighted by Gasteiger charge is 2.51. The first-order valence-electron chi connectivity index (χ1n) is 11.2. The number of carbonyl (C=O) groups excluding carboxylic acids is 1. The first-order valence-corrected chi connectivity index (χ1v) is 11.2. The molecular weight excluding hydrogens is 384 g/mol. The second kappa shape index (κ2) is 6.32.